The molecule has 7 heteroatoms. The average Bonchev–Trinajstić information content (AvgIpc) is 3.51. The van der Waals surface area contributed by atoms with E-state index in [1.807, 2.05) is 12.5 Å². The van der Waals surface area contributed by atoms with Crippen LogP contribution in [-0.2, 0) is 24.4 Å². The summed E-state index contributed by atoms with van der Waals surface area (Å²) in [5.41, 5.74) is 4.70. The molecule has 2 heterocycles. The van der Waals surface area contributed by atoms with Crippen LogP contribution in [0, 0.1) is 6.92 Å². The van der Waals surface area contributed by atoms with Crippen LogP contribution >= 0.6 is 0 Å². The van der Waals surface area contributed by atoms with Crippen molar-refractivity contribution in [3.63, 3.8) is 0 Å². The molecule has 33 heavy (non-hydrogen) atoms. The van der Waals surface area contributed by atoms with Gasteiger partial charge < -0.3 is 24.7 Å². The van der Waals surface area contributed by atoms with Crippen molar-refractivity contribution >= 4 is 5.96 Å². The standard InChI is InChI=1S/C26H33N5O2/c1-3-28-26(29-15-21-5-4-6-22(14-21)17-31-11-10-27-19-31)30-16-23-8-7-20(2)13-25(23)33-24-9-12-32-18-24/h4-8,10-11,13-14,19,24H,3,9,12,15-18H2,1-2H3,(H2,28,29,30). The normalized spacial score (nSPS) is 16.1. The van der Waals surface area contributed by atoms with Gasteiger partial charge in [-0.1, -0.05) is 36.4 Å². The molecule has 4 rings (SSSR count). The third kappa shape index (κ3) is 6.83. The summed E-state index contributed by atoms with van der Waals surface area (Å²) in [4.78, 5) is 8.92. The first-order valence-electron chi connectivity index (χ1n) is 11.6. The van der Waals surface area contributed by atoms with Crippen LogP contribution in [0.25, 0.3) is 0 Å². The van der Waals surface area contributed by atoms with Crippen LogP contribution in [0.15, 0.2) is 66.2 Å². The van der Waals surface area contributed by atoms with E-state index < -0.39 is 0 Å². The van der Waals surface area contributed by atoms with Crippen LogP contribution < -0.4 is 15.4 Å². The minimum Gasteiger partial charge on any atom is -0.488 e. The molecule has 1 aliphatic heterocycles. The highest BCUT2D eigenvalue weighted by atomic mass is 16.5. The third-order valence-corrected chi connectivity index (χ3v) is 5.53. The second-order valence-electron chi connectivity index (χ2n) is 8.32. The van der Waals surface area contributed by atoms with Gasteiger partial charge >= 0.3 is 0 Å². The van der Waals surface area contributed by atoms with E-state index in [-0.39, 0.29) is 6.10 Å². The summed E-state index contributed by atoms with van der Waals surface area (Å²) < 4.78 is 13.8. The Bertz CT molecular complexity index is 1040. The molecule has 2 N–H and O–H groups in total. The smallest absolute Gasteiger partial charge is 0.191 e. The molecule has 1 aromatic heterocycles. The molecule has 174 valence electrons. The highest BCUT2D eigenvalue weighted by Gasteiger charge is 2.18. The predicted octanol–water partition coefficient (Wildman–Crippen LogP) is 3.66. The molecule has 1 aliphatic rings. The maximum atomic E-state index is 6.23. The maximum Gasteiger partial charge on any atom is 0.191 e. The average molecular weight is 448 g/mol. The quantitative estimate of drug-likeness (QED) is 0.387. The topological polar surface area (TPSA) is 72.7 Å². The van der Waals surface area contributed by atoms with Gasteiger partial charge in [-0.3, -0.25) is 0 Å². The number of rotatable bonds is 9. The second-order valence-corrected chi connectivity index (χ2v) is 8.32. The minimum atomic E-state index is 0.127. The van der Waals surface area contributed by atoms with E-state index in [1.165, 1.54) is 16.7 Å². The summed E-state index contributed by atoms with van der Waals surface area (Å²) in [6, 6.07) is 14.9. The fraction of sp³-hybridized carbons (Fsp3) is 0.385. The van der Waals surface area contributed by atoms with Gasteiger partial charge in [0.15, 0.2) is 5.96 Å². The van der Waals surface area contributed by atoms with Crippen molar-refractivity contribution < 1.29 is 9.47 Å². The van der Waals surface area contributed by atoms with E-state index in [0.29, 0.717) is 19.7 Å². The van der Waals surface area contributed by atoms with Crippen LogP contribution in [0.1, 0.15) is 35.6 Å². The Balaban J connectivity index is 1.40. The van der Waals surface area contributed by atoms with Crippen molar-refractivity contribution in [1.29, 1.82) is 0 Å². The van der Waals surface area contributed by atoms with Crippen molar-refractivity contribution in [3.8, 4) is 5.75 Å². The molecule has 2 aromatic carbocycles. The lowest BCUT2D eigenvalue weighted by Gasteiger charge is -2.18. The first-order chi connectivity index (χ1) is 16.2. The number of ether oxygens (including phenoxy) is 2. The molecule has 1 fully saturated rings. The summed E-state index contributed by atoms with van der Waals surface area (Å²) in [5.74, 6) is 1.70. The molecule has 1 atom stereocenters. The largest absolute Gasteiger partial charge is 0.488 e. The number of hydrogen-bond donors (Lipinski definition) is 2. The molecule has 0 radical (unpaired) electrons. The Morgan fingerprint density at radius 3 is 2.91 bits per heavy atom. The van der Waals surface area contributed by atoms with Crippen molar-refractivity contribution in [2.75, 3.05) is 19.8 Å². The second kappa shape index (κ2) is 11.5. The van der Waals surface area contributed by atoms with Crippen LogP contribution in [0.3, 0.4) is 0 Å². The molecule has 1 saturated heterocycles. The molecule has 7 nitrogen and oxygen atoms in total. The number of imidazole rings is 1. The molecule has 0 amide bonds. The first-order valence-corrected chi connectivity index (χ1v) is 11.6. The van der Waals surface area contributed by atoms with Gasteiger partial charge in [0.2, 0.25) is 0 Å². The zero-order valence-corrected chi connectivity index (χ0v) is 19.5. The fourth-order valence-corrected chi connectivity index (χ4v) is 3.81. The van der Waals surface area contributed by atoms with Gasteiger partial charge in [-0.15, -0.1) is 0 Å². The lowest BCUT2D eigenvalue weighted by Crippen LogP contribution is -2.37. The summed E-state index contributed by atoms with van der Waals surface area (Å²) in [7, 11) is 0. The lowest BCUT2D eigenvalue weighted by atomic mass is 10.1. The summed E-state index contributed by atoms with van der Waals surface area (Å²) >= 11 is 0. The van der Waals surface area contributed by atoms with E-state index in [0.717, 1.165) is 43.4 Å². The van der Waals surface area contributed by atoms with Gasteiger partial charge in [0.1, 0.15) is 11.9 Å². The number of nitrogens with one attached hydrogen (secondary N) is 2. The summed E-state index contributed by atoms with van der Waals surface area (Å²) in [6.07, 6.45) is 6.67. The van der Waals surface area contributed by atoms with E-state index in [4.69, 9.17) is 14.5 Å². The van der Waals surface area contributed by atoms with Gasteiger partial charge in [-0.2, -0.15) is 0 Å². The van der Waals surface area contributed by atoms with Gasteiger partial charge in [0, 0.05) is 44.0 Å². The van der Waals surface area contributed by atoms with Crippen LogP contribution in [0.5, 0.6) is 5.75 Å². The van der Waals surface area contributed by atoms with E-state index in [2.05, 4.69) is 76.5 Å². The summed E-state index contributed by atoms with van der Waals surface area (Å²) in [5, 5.41) is 6.80. The molecule has 0 bridgehead atoms. The Labute approximate surface area is 195 Å². The fourth-order valence-electron chi connectivity index (χ4n) is 3.81. The van der Waals surface area contributed by atoms with E-state index in [1.54, 1.807) is 6.20 Å². The Kier molecular flexibility index (Phi) is 7.98. The Morgan fingerprint density at radius 1 is 1.21 bits per heavy atom. The van der Waals surface area contributed by atoms with Crippen LogP contribution in [-0.4, -0.2) is 41.4 Å². The van der Waals surface area contributed by atoms with Gasteiger partial charge in [-0.25, -0.2) is 9.98 Å². The van der Waals surface area contributed by atoms with E-state index in [9.17, 15) is 0 Å². The SMILES string of the molecule is CCNC(=NCc1cccc(Cn2ccnc2)c1)NCc1ccc(C)cc1OC1CCOC1. The van der Waals surface area contributed by atoms with Gasteiger partial charge in [0.05, 0.1) is 26.1 Å². The van der Waals surface area contributed by atoms with Crippen LogP contribution in [0.2, 0.25) is 0 Å². The molecule has 3 aromatic rings. The number of aryl methyl sites for hydroxylation is 1. The number of aromatic nitrogens is 2. The monoisotopic (exact) mass is 447 g/mol. The molecule has 0 saturated carbocycles. The Morgan fingerprint density at radius 2 is 2.12 bits per heavy atom. The molecule has 0 aliphatic carbocycles. The maximum absolute atomic E-state index is 6.23. The number of benzene rings is 2. The Hall–Kier alpha value is -3.32. The zero-order valence-electron chi connectivity index (χ0n) is 19.5. The third-order valence-electron chi connectivity index (χ3n) is 5.53. The van der Waals surface area contributed by atoms with Crippen molar-refractivity contribution in [2.45, 2.75) is 46.0 Å². The number of nitrogens with zero attached hydrogens (tertiary/aromatic N) is 3. The summed E-state index contributed by atoms with van der Waals surface area (Å²) in [6.45, 7) is 8.42. The predicted molar refractivity (Wildman–Crippen MR) is 130 cm³/mol. The number of guanidine groups is 1. The van der Waals surface area contributed by atoms with Gasteiger partial charge in [0.25, 0.3) is 0 Å². The van der Waals surface area contributed by atoms with Crippen molar-refractivity contribution in [2.24, 2.45) is 4.99 Å². The molecule has 0 spiro atoms. The van der Waals surface area contributed by atoms with Gasteiger partial charge in [-0.05, 0) is 36.6 Å². The van der Waals surface area contributed by atoms with Crippen LogP contribution in [0.4, 0.5) is 0 Å². The molecular formula is C26H33N5O2. The minimum absolute atomic E-state index is 0.127. The number of hydrogen-bond acceptors (Lipinski definition) is 4. The van der Waals surface area contributed by atoms with E-state index >= 15 is 0 Å². The zero-order chi connectivity index (χ0) is 22.9. The number of aliphatic imine (C=N–C) groups is 1. The van der Waals surface area contributed by atoms with Crippen molar-refractivity contribution in [3.05, 3.63) is 83.4 Å². The molecule has 1 unspecified atom stereocenters. The lowest BCUT2D eigenvalue weighted by molar-refractivity contribution is 0.140. The van der Waals surface area contributed by atoms with Crippen molar-refractivity contribution in [1.82, 2.24) is 20.2 Å². The highest BCUT2D eigenvalue weighted by Crippen LogP contribution is 2.23. The molecular weight excluding hydrogens is 414 g/mol. The highest BCUT2D eigenvalue weighted by molar-refractivity contribution is 5.79. The first kappa shape index (κ1) is 22.9.